The number of piperazine rings is 1. The van der Waals surface area contributed by atoms with Crippen LogP contribution in [0.2, 0.25) is 0 Å². The Balaban J connectivity index is 1.31. The van der Waals surface area contributed by atoms with E-state index in [2.05, 4.69) is 55.4 Å². The number of anilines is 2. The van der Waals surface area contributed by atoms with E-state index in [1.165, 1.54) is 5.56 Å². The van der Waals surface area contributed by atoms with Gasteiger partial charge in [0.05, 0.1) is 17.2 Å². The average molecular weight is 398 g/mol. The molecule has 7 heteroatoms. The summed E-state index contributed by atoms with van der Waals surface area (Å²) in [5.41, 5.74) is 2.88. The minimum Gasteiger partial charge on any atom is -0.338 e. The van der Waals surface area contributed by atoms with Gasteiger partial charge in [-0.15, -0.1) is 0 Å². The first-order valence-corrected chi connectivity index (χ1v) is 9.86. The highest BCUT2D eigenvalue weighted by Gasteiger charge is 2.19. The van der Waals surface area contributed by atoms with E-state index >= 15 is 0 Å². The van der Waals surface area contributed by atoms with Gasteiger partial charge >= 0.3 is 0 Å². The molecule has 1 N–H and O–H groups in total. The minimum atomic E-state index is -0.279. The van der Waals surface area contributed by atoms with E-state index in [1.807, 2.05) is 6.07 Å². The van der Waals surface area contributed by atoms with Gasteiger partial charge in [-0.25, -0.2) is 9.97 Å². The Morgan fingerprint density at radius 3 is 2.27 bits per heavy atom. The van der Waals surface area contributed by atoms with Crippen LogP contribution in [-0.4, -0.2) is 47.0 Å². The quantitative estimate of drug-likeness (QED) is 0.711. The molecule has 0 atom stereocenters. The summed E-state index contributed by atoms with van der Waals surface area (Å²) in [5.74, 6) is 0.364. The number of aromatic nitrogens is 2. The molecule has 0 aliphatic carbocycles. The lowest BCUT2D eigenvalue weighted by molar-refractivity contribution is 0.102. The van der Waals surface area contributed by atoms with Gasteiger partial charge in [-0.3, -0.25) is 9.69 Å². The van der Waals surface area contributed by atoms with Crippen molar-refractivity contribution < 1.29 is 4.79 Å². The second-order valence-corrected chi connectivity index (χ2v) is 7.16. The smallest absolute Gasteiger partial charge is 0.258 e. The van der Waals surface area contributed by atoms with Crippen LogP contribution in [0.1, 0.15) is 21.5 Å². The lowest BCUT2D eigenvalue weighted by Crippen LogP contribution is -2.46. The van der Waals surface area contributed by atoms with E-state index in [4.69, 9.17) is 5.26 Å². The van der Waals surface area contributed by atoms with Gasteiger partial charge in [0, 0.05) is 50.8 Å². The molecule has 1 aromatic heterocycles. The molecule has 1 fully saturated rings. The number of nitrogens with one attached hydrogen (secondary N) is 1. The molecule has 2 heterocycles. The predicted molar refractivity (Wildman–Crippen MR) is 115 cm³/mol. The molecule has 1 aliphatic heterocycles. The third kappa shape index (κ3) is 4.80. The number of rotatable bonds is 5. The molecule has 4 rings (SSSR count). The summed E-state index contributed by atoms with van der Waals surface area (Å²) in [6.07, 6.45) is 3.11. The number of nitriles is 1. The molecule has 30 heavy (non-hydrogen) atoms. The summed E-state index contributed by atoms with van der Waals surface area (Å²) in [7, 11) is 0. The maximum Gasteiger partial charge on any atom is 0.258 e. The number of hydrogen-bond acceptors (Lipinski definition) is 6. The van der Waals surface area contributed by atoms with Crippen molar-refractivity contribution >= 4 is 17.5 Å². The summed E-state index contributed by atoms with van der Waals surface area (Å²) < 4.78 is 0. The zero-order chi connectivity index (χ0) is 20.8. The van der Waals surface area contributed by atoms with Crippen LogP contribution in [-0.2, 0) is 6.54 Å². The van der Waals surface area contributed by atoms with Gasteiger partial charge in [-0.05, 0) is 29.8 Å². The number of hydrogen-bond donors (Lipinski definition) is 1. The maximum atomic E-state index is 12.4. The van der Waals surface area contributed by atoms with E-state index < -0.39 is 0 Å². The van der Waals surface area contributed by atoms with Gasteiger partial charge < -0.3 is 10.2 Å². The number of carbonyl (C=O) groups excluding carboxylic acids is 1. The molecular weight excluding hydrogens is 376 g/mol. The SMILES string of the molecule is N#Cc1ccc(NC(=O)c2cnc(N3CCN(Cc4ccccc4)CC3)nc2)cc1. The molecule has 7 nitrogen and oxygen atoms in total. The summed E-state index contributed by atoms with van der Waals surface area (Å²) in [6.45, 7) is 4.54. The lowest BCUT2D eigenvalue weighted by Gasteiger charge is -2.34. The largest absolute Gasteiger partial charge is 0.338 e. The van der Waals surface area contributed by atoms with Gasteiger partial charge in [0.15, 0.2) is 0 Å². The Hall–Kier alpha value is -3.76. The Morgan fingerprint density at radius 1 is 0.967 bits per heavy atom. The van der Waals surface area contributed by atoms with E-state index in [9.17, 15) is 4.79 Å². The Labute approximate surface area is 175 Å². The zero-order valence-electron chi connectivity index (χ0n) is 16.5. The monoisotopic (exact) mass is 398 g/mol. The summed E-state index contributed by atoms with van der Waals surface area (Å²) in [5, 5.41) is 11.6. The van der Waals surface area contributed by atoms with Gasteiger partial charge in [-0.2, -0.15) is 5.26 Å². The Kier molecular flexibility index (Phi) is 5.97. The Bertz CT molecular complexity index is 1020. The molecule has 1 amide bonds. The predicted octanol–water partition coefficient (Wildman–Crippen LogP) is 2.92. The fraction of sp³-hybridized carbons (Fsp3) is 0.217. The summed E-state index contributed by atoms with van der Waals surface area (Å²) >= 11 is 0. The molecule has 0 saturated carbocycles. The van der Waals surface area contributed by atoms with E-state index in [0.29, 0.717) is 22.8 Å². The van der Waals surface area contributed by atoms with Crippen LogP contribution in [0.3, 0.4) is 0 Å². The summed E-state index contributed by atoms with van der Waals surface area (Å²) in [4.78, 5) is 25.7. The first-order chi connectivity index (χ1) is 14.7. The second-order valence-electron chi connectivity index (χ2n) is 7.16. The standard InChI is InChI=1S/C23H22N6O/c24-14-18-6-8-21(9-7-18)27-22(30)20-15-25-23(26-16-20)29-12-10-28(11-13-29)17-19-4-2-1-3-5-19/h1-9,15-16H,10-13,17H2,(H,27,30). The molecular formula is C23H22N6O. The first kappa shape index (κ1) is 19.6. The van der Waals surface area contributed by atoms with E-state index in [1.54, 1.807) is 36.7 Å². The minimum absolute atomic E-state index is 0.279. The number of carbonyl (C=O) groups is 1. The van der Waals surface area contributed by atoms with Crippen molar-refractivity contribution in [3.05, 3.63) is 83.7 Å². The maximum absolute atomic E-state index is 12.4. The van der Waals surface area contributed by atoms with Gasteiger partial charge in [-0.1, -0.05) is 30.3 Å². The molecule has 1 saturated heterocycles. The molecule has 3 aromatic rings. The lowest BCUT2D eigenvalue weighted by atomic mass is 10.2. The highest BCUT2D eigenvalue weighted by atomic mass is 16.1. The Morgan fingerprint density at radius 2 is 1.63 bits per heavy atom. The third-order valence-corrected chi connectivity index (χ3v) is 5.08. The van der Waals surface area contributed by atoms with Crippen LogP contribution in [0.25, 0.3) is 0 Å². The van der Waals surface area contributed by atoms with Crippen LogP contribution >= 0.6 is 0 Å². The van der Waals surface area contributed by atoms with Crippen LogP contribution in [0, 0.1) is 11.3 Å². The van der Waals surface area contributed by atoms with E-state index in [-0.39, 0.29) is 5.91 Å². The van der Waals surface area contributed by atoms with Crippen LogP contribution < -0.4 is 10.2 Å². The first-order valence-electron chi connectivity index (χ1n) is 9.86. The van der Waals surface area contributed by atoms with E-state index in [0.717, 1.165) is 32.7 Å². The normalized spacial score (nSPS) is 14.2. The second kappa shape index (κ2) is 9.16. The number of benzene rings is 2. The third-order valence-electron chi connectivity index (χ3n) is 5.08. The zero-order valence-corrected chi connectivity index (χ0v) is 16.5. The number of amides is 1. The molecule has 0 radical (unpaired) electrons. The van der Waals surface area contributed by atoms with Crippen molar-refractivity contribution in [2.24, 2.45) is 0 Å². The van der Waals surface area contributed by atoms with Gasteiger partial charge in [0.25, 0.3) is 5.91 Å². The summed E-state index contributed by atoms with van der Waals surface area (Å²) in [6, 6.07) is 19.2. The molecule has 1 aliphatic rings. The molecule has 2 aromatic carbocycles. The average Bonchev–Trinajstić information content (AvgIpc) is 2.81. The molecule has 0 spiro atoms. The topological polar surface area (TPSA) is 85.1 Å². The van der Waals surface area contributed by atoms with Crippen LogP contribution in [0.4, 0.5) is 11.6 Å². The van der Waals surface area contributed by atoms with Gasteiger partial charge in [0.2, 0.25) is 5.95 Å². The van der Waals surface area contributed by atoms with Crippen LogP contribution in [0.5, 0.6) is 0 Å². The highest BCUT2D eigenvalue weighted by molar-refractivity contribution is 6.03. The van der Waals surface area contributed by atoms with Crippen molar-refractivity contribution in [1.82, 2.24) is 14.9 Å². The molecule has 0 unspecified atom stereocenters. The van der Waals surface area contributed by atoms with Crippen molar-refractivity contribution in [1.29, 1.82) is 5.26 Å². The highest BCUT2D eigenvalue weighted by Crippen LogP contribution is 2.14. The van der Waals surface area contributed by atoms with Crippen molar-refractivity contribution in [2.45, 2.75) is 6.54 Å². The van der Waals surface area contributed by atoms with Crippen molar-refractivity contribution in [3.63, 3.8) is 0 Å². The fourth-order valence-corrected chi connectivity index (χ4v) is 3.38. The molecule has 0 bridgehead atoms. The fourth-order valence-electron chi connectivity index (χ4n) is 3.38. The van der Waals surface area contributed by atoms with Crippen molar-refractivity contribution in [2.75, 3.05) is 36.4 Å². The van der Waals surface area contributed by atoms with Crippen LogP contribution in [0.15, 0.2) is 67.0 Å². The van der Waals surface area contributed by atoms with Gasteiger partial charge in [0.1, 0.15) is 0 Å². The molecule has 150 valence electrons. The number of nitrogens with zero attached hydrogens (tertiary/aromatic N) is 5. The van der Waals surface area contributed by atoms with Crippen molar-refractivity contribution in [3.8, 4) is 6.07 Å².